The highest BCUT2D eigenvalue weighted by molar-refractivity contribution is 14.1. The minimum atomic E-state index is -0.815. The topological polar surface area (TPSA) is 128 Å². The summed E-state index contributed by atoms with van der Waals surface area (Å²) in [4.78, 5) is 50.3. The summed E-state index contributed by atoms with van der Waals surface area (Å²) in [6.45, 7) is 5.85. The number of non-ortho nitro benzene ring substituents is 1. The molecule has 0 bridgehead atoms. The second-order valence-electron chi connectivity index (χ2n) is 8.66. The molecule has 39 heavy (non-hydrogen) atoms. The Morgan fingerprint density at radius 1 is 1.05 bits per heavy atom. The molecule has 0 spiro atoms. The van der Waals surface area contributed by atoms with Crippen LogP contribution in [0.1, 0.15) is 29.2 Å². The Balaban J connectivity index is 1.67. The lowest BCUT2D eigenvalue weighted by atomic mass is 10.0. The number of benzene rings is 3. The van der Waals surface area contributed by atoms with Gasteiger partial charge in [-0.15, -0.1) is 0 Å². The number of urea groups is 1. The number of nitrogens with one attached hydrogen (secondary N) is 1. The smallest absolute Gasteiger partial charge is 0.335 e. The summed E-state index contributed by atoms with van der Waals surface area (Å²) < 4.78 is 12.4. The number of amides is 4. The number of ether oxygens (including phenoxy) is 2. The van der Waals surface area contributed by atoms with Crippen LogP contribution in [-0.4, -0.2) is 29.4 Å². The zero-order chi connectivity index (χ0) is 28.3. The van der Waals surface area contributed by atoms with Crippen LogP contribution in [-0.2, 0) is 16.2 Å². The van der Waals surface area contributed by atoms with Gasteiger partial charge in [-0.2, -0.15) is 0 Å². The average molecular weight is 641 g/mol. The number of barbiturate groups is 1. The lowest BCUT2D eigenvalue weighted by molar-refractivity contribution is -0.384. The summed E-state index contributed by atoms with van der Waals surface area (Å²) >= 11 is 2.05. The number of nitrogens with zero attached hydrogens (tertiary/aromatic N) is 2. The summed E-state index contributed by atoms with van der Waals surface area (Å²) in [7, 11) is 0. The summed E-state index contributed by atoms with van der Waals surface area (Å²) in [6, 6.07) is 13.9. The van der Waals surface area contributed by atoms with Gasteiger partial charge in [0.05, 0.1) is 20.8 Å². The van der Waals surface area contributed by atoms with E-state index in [0.29, 0.717) is 38.5 Å². The Kier molecular flexibility index (Phi) is 8.29. The van der Waals surface area contributed by atoms with Crippen LogP contribution in [0.25, 0.3) is 6.08 Å². The fraction of sp³-hybridized carbons (Fsp3) is 0.179. The van der Waals surface area contributed by atoms with Crippen molar-refractivity contribution in [2.75, 3.05) is 11.5 Å². The number of hydrogen-bond acceptors (Lipinski definition) is 7. The molecular formula is C28H24IN3O7. The van der Waals surface area contributed by atoms with E-state index in [4.69, 9.17) is 9.47 Å². The Labute approximate surface area is 237 Å². The third-order valence-electron chi connectivity index (χ3n) is 6.07. The van der Waals surface area contributed by atoms with Crippen molar-refractivity contribution in [2.45, 2.75) is 27.4 Å². The van der Waals surface area contributed by atoms with E-state index in [9.17, 15) is 24.5 Å². The van der Waals surface area contributed by atoms with Crippen LogP contribution in [0.2, 0.25) is 0 Å². The zero-order valence-corrected chi connectivity index (χ0v) is 23.5. The maximum Gasteiger partial charge on any atom is 0.335 e. The second kappa shape index (κ2) is 11.6. The first-order chi connectivity index (χ1) is 18.6. The molecule has 3 aromatic rings. The van der Waals surface area contributed by atoms with Gasteiger partial charge in [-0.05, 0) is 89.9 Å². The van der Waals surface area contributed by atoms with E-state index in [1.54, 1.807) is 50.2 Å². The van der Waals surface area contributed by atoms with E-state index >= 15 is 0 Å². The van der Waals surface area contributed by atoms with E-state index in [2.05, 4.69) is 5.32 Å². The molecule has 1 aliphatic rings. The molecule has 1 N–H and O–H groups in total. The Hall–Kier alpha value is -4.26. The van der Waals surface area contributed by atoms with Crippen LogP contribution < -0.4 is 19.7 Å². The molecule has 4 rings (SSSR count). The molecule has 0 unspecified atom stereocenters. The normalized spacial score (nSPS) is 14.4. The van der Waals surface area contributed by atoms with Crippen molar-refractivity contribution in [1.82, 2.24) is 5.32 Å². The first-order valence-electron chi connectivity index (χ1n) is 11.9. The third-order valence-corrected chi connectivity index (χ3v) is 6.87. The van der Waals surface area contributed by atoms with Gasteiger partial charge in [-0.3, -0.25) is 25.0 Å². The van der Waals surface area contributed by atoms with E-state index in [1.165, 1.54) is 18.2 Å². The molecule has 1 fully saturated rings. The van der Waals surface area contributed by atoms with Gasteiger partial charge in [0, 0.05) is 12.1 Å². The van der Waals surface area contributed by atoms with Gasteiger partial charge in [0.1, 0.15) is 12.2 Å². The van der Waals surface area contributed by atoms with Crippen LogP contribution in [0.15, 0.2) is 60.2 Å². The van der Waals surface area contributed by atoms with E-state index < -0.39 is 22.8 Å². The average Bonchev–Trinajstić information content (AvgIpc) is 2.88. The molecule has 1 aliphatic heterocycles. The number of rotatable bonds is 8. The summed E-state index contributed by atoms with van der Waals surface area (Å²) in [5, 5.41) is 13.3. The maximum atomic E-state index is 13.4. The lowest BCUT2D eigenvalue weighted by Crippen LogP contribution is -2.54. The molecule has 1 saturated heterocycles. The summed E-state index contributed by atoms with van der Waals surface area (Å²) in [5.41, 5.74) is 2.87. The van der Waals surface area contributed by atoms with Crippen molar-refractivity contribution in [3.8, 4) is 11.5 Å². The first-order valence-corrected chi connectivity index (χ1v) is 13.0. The molecular weight excluding hydrogens is 617 g/mol. The van der Waals surface area contributed by atoms with Crippen LogP contribution in [0.3, 0.4) is 0 Å². The monoisotopic (exact) mass is 641 g/mol. The van der Waals surface area contributed by atoms with Crippen molar-refractivity contribution < 1.29 is 28.8 Å². The number of carbonyl (C=O) groups excluding carboxylic acids is 3. The number of carbonyl (C=O) groups is 3. The van der Waals surface area contributed by atoms with E-state index in [0.717, 1.165) is 16.0 Å². The minimum Gasteiger partial charge on any atom is -0.490 e. The molecule has 4 amide bonds. The van der Waals surface area contributed by atoms with Crippen molar-refractivity contribution in [3.05, 3.63) is 96.1 Å². The molecule has 11 heteroatoms. The van der Waals surface area contributed by atoms with Crippen molar-refractivity contribution in [3.63, 3.8) is 0 Å². The summed E-state index contributed by atoms with van der Waals surface area (Å²) in [5.74, 6) is -0.757. The second-order valence-corrected chi connectivity index (χ2v) is 9.82. The summed E-state index contributed by atoms with van der Waals surface area (Å²) in [6.07, 6.45) is 1.40. The van der Waals surface area contributed by atoms with Crippen LogP contribution >= 0.6 is 22.6 Å². The molecule has 0 aromatic heterocycles. The Bertz CT molecular complexity index is 1530. The van der Waals surface area contributed by atoms with Gasteiger partial charge in [0.15, 0.2) is 11.5 Å². The third kappa shape index (κ3) is 5.93. The van der Waals surface area contributed by atoms with Gasteiger partial charge >= 0.3 is 6.03 Å². The largest absolute Gasteiger partial charge is 0.490 e. The number of imide groups is 2. The number of anilines is 1. The van der Waals surface area contributed by atoms with E-state index in [1.807, 2.05) is 35.6 Å². The maximum absolute atomic E-state index is 13.4. The van der Waals surface area contributed by atoms with Gasteiger partial charge in [-0.25, -0.2) is 9.69 Å². The predicted octanol–water partition coefficient (Wildman–Crippen LogP) is 5.46. The molecule has 10 nitrogen and oxygen atoms in total. The van der Waals surface area contributed by atoms with Crippen molar-refractivity contribution in [2.24, 2.45) is 0 Å². The lowest BCUT2D eigenvalue weighted by Gasteiger charge is -2.28. The SMILES string of the molecule is CCOc1cc(/C=C2\C(=O)NC(=O)N(c3cccc(C)c3C)C2=O)cc(I)c1OCc1cccc([N+](=O)[O-])c1. The van der Waals surface area contributed by atoms with E-state index in [-0.39, 0.29) is 17.9 Å². The van der Waals surface area contributed by atoms with Gasteiger partial charge in [0.2, 0.25) is 0 Å². The number of nitro groups is 1. The molecule has 200 valence electrons. The molecule has 1 heterocycles. The van der Waals surface area contributed by atoms with Crippen LogP contribution in [0.5, 0.6) is 11.5 Å². The van der Waals surface area contributed by atoms with Crippen molar-refractivity contribution in [1.29, 1.82) is 0 Å². The van der Waals surface area contributed by atoms with Crippen molar-refractivity contribution >= 4 is 57.9 Å². The Morgan fingerprint density at radius 3 is 2.51 bits per heavy atom. The van der Waals surface area contributed by atoms with Crippen LogP contribution in [0, 0.1) is 27.5 Å². The Morgan fingerprint density at radius 2 is 1.79 bits per heavy atom. The molecule has 3 aromatic carbocycles. The number of nitro benzene ring substituents is 1. The molecule has 0 atom stereocenters. The quantitative estimate of drug-likeness (QED) is 0.114. The van der Waals surface area contributed by atoms with Gasteiger partial charge < -0.3 is 9.47 Å². The molecule has 0 saturated carbocycles. The number of halogens is 1. The number of aryl methyl sites for hydroxylation is 1. The van der Waals surface area contributed by atoms with Gasteiger partial charge in [0.25, 0.3) is 17.5 Å². The molecule has 0 aliphatic carbocycles. The fourth-order valence-electron chi connectivity index (χ4n) is 4.01. The predicted molar refractivity (Wildman–Crippen MR) is 153 cm³/mol. The van der Waals surface area contributed by atoms with Gasteiger partial charge in [-0.1, -0.05) is 24.3 Å². The highest BCUT2D eigenvalue weighted by Gasteiger charge is 2.37. The minimum absolute atomic E-state index is 0.0402. The molecule has 0 radical (unpaired) electrons. The highest BCUT2D eigenvalue weighted by atomic mass is 127. The highest BCUT2D eigenvalue weighted by Crippen LogP contribution is 2.36. The standard InChI is InChI=1S/C28H24IN3O7/c1-4-38-24-14-19(13-22(29)25(24)39-15-18-8-6-9-20(11-18)32(36)37)12-21-26(33)30-28(35)31(27(21)34)23-10-5-7-16(2)17(23)3/h5-14H,4,15H2,1-3H3,(H,30,33,35)/b21-12+. The zero-order valence-electron chi connectivity index (χ0n) is 21.3. The van der Waals surface area contributed by atoms with Crippen LogP contribution in [0.4, 0.5) is 16.2 Å². The first kappa shape index (κ1) is 27.8. The number of hydrogen-bond donors (Lipinski definition) is 1. The fourth-order valence-corrected chi connectivity index (χ4v) is 4.79.